The molecule has 14 heavy (non-hydrogen) atoms. The fraction of sp³-hybridized carbons (Fsp3) is 0.714. The Hall–Kier alpha value is 1.14. The lowest BCUT2D eigenvalue weighted by Gasteiger charge is -2.22. The minimum atomic E-state index is -3.66. The lowest BCUT2D eigenvalue weighted by molar-refractivity contribution is 0.181. The Morgan fingerprint density at radius 2 is 2.29 bits per heavy atom. The van der Waals surface area contributed by atoms with E-state index in [0.717, 1.165) is 0 Å². The molecule has 0 spiro atoms. The van der Waals surface area contributed by atoms with Gasteiger partial charge in [-0.05, 0) is 6.42 Å². The van der Waals surface area contributed by atoms with Gasteiger partial charge in [0.25, 0.3) is 0 Å². The Labute approximate surface area is 106 Å². The van der Waals surface area contributed by atoms with E-state index in [9.17, 15) is 9.46 Å². The predicted molar refractivity (Wildman–Crippen MR) is 66.7 cm³/mol. The third-order valence-electron chi connectivity index (χ3n) is 1.40. The molecule has 0 saturated heterocycles. The minimum Gasteiger partial charge on any atom is -0.323 e. The highest BCUT2D eigenvalue weighted by Gasteiger charge is 2.27. The summed E-state index contributed by atoms with van der Waals surface area (Å²) in [5.74, 6) is 0. The lowest BCUT2D eigenvalue weighted by atomic mass is 10.2. The van der Waals surface area contributed by atoms with Crippen LogP contribution in [0.1, 0.15) is 6.42 Å². The second-order valence-corrected chi connectivity index (χ2v) is 6.86. The topological polar surface area (TPSA) is 46.5 Å². The second kappa shape index (κ2) is 7.42. The Balaban J connectivity index is 4.36. The summed E-state index contributed by atoms with van der Waals surface area (Å²) in [6, 6.07) is 0. The van der Waals surface area contributed by atoms with Gasteiger partial charge in [-0.3, -0.25) is 4.57 Å². The number of alkyl halides is 3. The molecule has 0 saturated carbocycles. The predicted octanol–water partition coefficient (Wildman–Crippen LogP) is 3.49. The monoisotopic (exact) mass is 368 g/mol. The zero-order valence-corrected chi connectivity index (χ0v) is 12.2. The van der Waals surface area contributed by atoms with Gasteiger partial charge >= 0.3 is 7.60 Å². The molecule has 0 fully saturated rings. The summed E-state index contributed by atoms with van der Waals surface area (Å²) in [4.78, 5) is 9.14. The molecule has 3 atom stereocenters. The number of hydrogen-bond donors (Lipinski definition) is 1. The van der Waals surface area contributed by atoms with Crippen molar-refractivity contribution in [3.63, 3.8) is 0 Å². The van der Waals surface area contributed by atoms with Gasteiger partial charge < -0.3 is 9.42 Å². The molecular formula is C7H12Br2ClO3P. The van der Waals surface area contributed by atoms with Crippen LogP contribution in [-0.2, 0) is 9.09 Å². The highest BCUT2D eigenvalue weighted by Crippen LogP contribution is 2.45. The summed E-state index contributed by atoms with van der Waals surface area (Å²) < 4.78 is 16.2. The van der Waals surface area contributed by atoms with Crippen LogP contribution in [0.15, 0.2) is 12.7 Å². The molecule has 0 amide bonds. The van der Waals surface area contributed by atoms with Crippen molar-refractivity contribution in [1.29, 1.82) is 0 Å². The van der Waals surface area contributed by atoms with Gasteiger partial charge in [0.2, 0.25) is 0 Å². The molecule has 0 rings (SSSR count). The zero-order chi connectivity index (χ0) is 11.2. The molecule has 3 unspecified atom stereocenters. The number of hydrogen-bond acceptors (Lipinski definition) is 2. The van der Waals surface area contributed by atoms with Crippen LogP contribution in [0.2, 0.25) is 0 Å². The van der Waals surface area contributed by atoms with Crippen LogP contribution in [0.25, 0.3) is 0 Å². The molecule has 0 aromatic rings. The van der Waals surface area contributed by atoms with Crippen molar-refractivity contribution in [3.8, 4) is 0 Å². The SMILES string of the molecule is C=CCC(OP(=O)(O)CCl)C(Br)CBr. The smallest absolute Gasteiger partial charge is 0.323 e. The van der Waals surface area contributed by atoms with Crippen LogP contribution < -0.4 is 0 Å². The van der Waals surface area contributed by atoms with Crippen LogP contribution in [0.3, 0.4) is 0 Å². The third-order valence-corrected chi connectivity index (χ3v) is 5.69. The quantitative estimate of drug-likeness (QED) is 0.424. The first-order chi connectivity index (χ1) is 6.46. The summed E-state index contributed by atoms with van der Waals surface area (Å²) in [5, 5.41) is 0.619. The first-order valence-electron chi connectivity index (χ1n) is 3.84. The van der Waals surface area contributed by atoms with E-state index in [0.29, 0.717) is 11.8 Å². The summed E-state index contributed by atoms with van der Waals surface area (Å²) in [7, 11) is -3.66. The van der Waals surface area contributed by atoms with E-state index >= 15 is 0 Å². The van der Waals surface area contributed by atoms with Gasteiger partial charge in [0.1, 0.15) is 5.62 Å². The maximum atomic E-state index is 11.2. The van der Waals surface area contributed by atoms with Gasteiger partial charge in [0.15, 0.2) is 0 Å². The molecule has 0 aliphatic rings. The Bertz CT molecular complexity index is 227. The maximum Gasteiger partial charge on any atom is 0.343 e. The normalized spacial score (nSPS) is 19.7. The van der Waals surface area contributed by atoms with E-state index in [1.54, 1.807) is 6.08 Å². The van der Waals surface area contributed by atoms with E-state index in [1.165, 1.54) is 0 Å². The summed E-state index contributed by atoms with van der Waals surface area (Å²) in [5.41, 5.74) is -0.400. The Morgan fingerprint density at radius 1 is 1.71 bits per heavy atom. The van der Waals surface area contributed by atoms with Crippen molar-refractivity contribution in [3.05, 3.63) is 12.7 Å². The second-order valence-electron chi connectivity index (χ2n) is 2.60. The molecule has 1 N–H and O–H groups in total. The molecular weight excluding hydrogens is 358 g/mol. The number of rotatable bonds is 7. The van der Waals surface area contributed by atoms with Crippen molar-refractivity contribution < 1.29 is 14.0 Å². The van der Waals surface area contributed by atoms with Gasteiger partial charge in [-0.2, -0.15) is 0 Å². The minimum absolute atomic E-state index is 0.0517. The van der Waals surface area contributed by atoms with Gasteiger partial charge in [0, 0.05) is 5.33 Å². The average Bonchev–Trinajstić information content (AvgIpc) is 2.16. The fourth-order valence-electron chi connectivity index (χ4n) is 0.760. The van der Waals surface area contributed by atoms with Crippen LogP contribution >= 0.6 is 51.1 Å². The highest BCUT2D eigenvalue weighted by molar-refractivity contribution is 9.12. The van der Waals surface area contributed by atoms with Crippen molar-refractivity contribution in [2.24, 2.45) is 0 Å². The van der Waals surface area contributed by atoms with Gasteiger partial charge in [-0.1, -0.05) is 37.9 Å². The van der Waals surface area contributed by atoms with Crippen molar-refractivity contribution >= 4 is 51.1 Å². The molecule has 7 heteroatoms. The molecule has 0 heterocycles. The Kier molecular flexibility index (Phi) is 8.02. The van der Waals surface area contributed by atoms with Crippen LogP contribution in [0.4, 0.5) is 0 Å². The van der Waals surface area contributed by atoms with Crippen molar-refractivity contribution in [2.75, 3.05) is 11.0 Å². The molecule has 0 aromatic carbocycles. The lowest BCUT2D eigenvalue weighted by Crippen LogP contribution is -2.24. The van der Waals surface area contributed by atoms with Crippen LogP contribution in [-0.4, -0.2) is 26.8 Å². The van der Waals surface area contributed by atoms with E-state index in [1.807, 2.05) is 0 Å². The fourth-order valence-corrected chi connectivity index (χ4v) is 2.55. The molecule has 0 aliphatic heterocycles. The summed E-state index contributed by atoms with van der Waals surface area (Å²) >= 11 is 11.9. The van der Waals surface area contributed by atoms with Crippen LogP contribution in [0, 0.1) is 0 Å². The van der Waals surface area contributed by atoms with Crippen molar-refractivity contribution in [2.45, 2.75) is 17.4 Å². The van der Waals surface area contributed by atoms with E-state index in [2.05, 4.69) is 38.4 Å². The van der Waals surface area contributed by atoms with Gasteiger partial charge in [-0.25, -0.2) is 0 Å². The van der Waals surface area contributed by atoms with E-state index in [4.69, 9.17) is 16.1 Å². The van der Waals surface area contributed by atoms with Crippen molar-refractivity contribution in [1.82, 2.24) is 0 Å². The largest absolute Gasteiger partial charge is 0.343 e. The van der Waals surface area contributed by atoms with E-state index < -0.39 is 19.3 Å². The summed E-state index contributed by atoms with van der Waals surface area (Å²) in [6.45, 7) is 3.55. The van der Waals surface area contributed by atoms with Gasteiger partial charge in [0.05, 0.1) is 10.9 Å². The molecule has 3 nitrogen and oxygen atoms in total. The molecule has 0 radical (unpaired) electrons. The molecule has 0 aromatic heterocycles. The third kappa shape index (κ3) is 5.89. The molecule has 0 aliphatic carbocycles. The molecule has 84 valence electrons. The first-order valence-corrected chi connectivity index (χ1v) is 8.17. The van der Waals surface area contributed by atoms with E-state index in [-0.39, 0.29) is 4.83 Å². The first kappa shape index (κ1) is 15.1. The van der Waals surface area contributed by atoms with Crippen LogP contribution in [0.5, 0.6) is 0 Å². The summed E-state index contributed by atoms with van der Waals surface area (Å²) in [6.07, 6.45) is 1.72. The highest BCUT2D eigenvalue weighted by atomic mass is 79.9. The van der Waals surface area contributed by atoms with Gasteiger partial charge in [-0.15, -0.1) is 18.2 Å². The standard InChI is InChI=1S/C7H12Br2ClO3P/c1-2-3-7(6(9)4-8)13-14(11,12)5-10/h2,6-7H,1,3-5H2,(H,11,12). The number of halogens is 3. The Morgan fingerprint density at radius 3 is 2.64 bits per heavy atom. The molecule has 0 bridgehead atoms. The maximum absolute atomic E-state index is 11.2. The zero-order valence-electron chi connectivity index (χ0n) is 7.41. The average molecular weight is 370 g/mol.